The lowest BCUT2D eigenvalue weighted by molar-refractivity contribution is -0.117. The van der Waals surface area contributed by atoms with Crippen molar-refractivity contribution in [1.29, 1.82) is 0 Å². The molecule has 0 radical (unpaired) electrons. The number of carbonyl (C=O) groups is 1. The lowest BCUT2D eigenvalue weighted by Crippen LogP contribution is -2.34. The van der Waals surface area contributed by atoms with Gasteiger partial charge in [-0.25, -0.2) is 9.97 Å². The van der Waals surface area contributed by atoms with E-state index in [0.29, 0.717) is 6.42 Å². The zero-order chi connectivity index (χ0) is 15.7. The molecule has 1 aromatic rings. The summed E-state index contributed by atoms with van der Waals surface area (Å²) >= 11 is 0. The van der Waals surface area contributed by atoms with Crippen molar-refractivity contribution in [2.75, 3.05) is 44.3 Å². The number of nitrogens with zero attached hydrogens (tertiary/aromatic N) is 4. The average Bonchev–Trinajstić information content (AvgIpc) is 3.12. The van der Waals surface area contributed by atoms with Crippen molar-refractivity contribution in [3.8, 4) is 0 Å². The monoisotopic (exact) mass is 316 g/mol. The summed E-state index contributed by atoms with van der Waals surface area (Å²) in [6, 6.07) is 0. The van der Waals surface area contributed by atoms with E-state index in [1.165, 1.54) is 19.2 Å². The highest BCUT2D eigenvalue weighted by molar-refractivity contribution is 5.96. The Morgan fingerprint density at radius 1 is 1.22 bits per heavy atom. The van der Waals surface area contributed by atoms with Crippen LogP contribution in [0.25, 0.3) is 0 Å². The van der Waals surface area contributed by atoms with Crippen molar-refractivity contribution in [1.82, 2.24) is 14.9 Å². The first kappa shape index (κ1) is 15.0. The van der Waals surface area contributed by atoms with Crippen molar-refractivity contribution in [3.05, 3.63) is 18.7 Å². The molecule has 1 spiro atoms. The Morgan fingerprint density at radius 2 is 2.00 bits per heavy atom. The second kappa shape index (κ2) is 6.17. The van der Waals surface area contributed by atoms with Crippen molar-refractivity contribution in [3.63, 3.8) is 0 Å². The summed E-state index contributed by atoms with van der Waals surface area (Å²) in [5.41, 5.74) is 0.954. The van der Waals surface area contributed by atoms with E-state index < -0.39 is 0 Å². The zero-order valence-corrected chi connectivity index (χ0v) is 13.5. The number of carbonyl (C=O) groups excluding carboxylic acids is 1. The molecule has 6 nitrogen and oxygen atoms in total. The molecular weight excluding hydrogens is 292 g/mol. The second-order valence-electron chi connectivity index (χ2n) is 7.29. The summed E-state index contributed by atoms with van der Waals surface area (Å²) < 4.78 is 5.45. The highest BCUT2D eigenvalue weighted by Gasteiger charge is 2.48. The van der Waals surface area contributed by atoms with E-state index >= 15 is 0 Å². The number of rotatable bonds is 3. The van der Waals surface area contributed by atoms with E-state index in [9.17, 15) is 4.79 Å². The first-order valence-corrected chi connectivity index (χ1v) is 8.60. The van der Waals surface area contributed by atoms with E-state index in [2.05, 4.69) is 14.9 Å². The van der Waals surface area contributed by atoms with Crippen LogP contribution < -0.4 is 4.90 Å². The van der Waals surface area contributed by atoms with Crippen molar-refractivity contribution >= 4 is 11.6 Å². The smallest absolute Gasteiger partial charge is 0.227 e. The molecule has 1 aromatic heterocycles. The summed E-state index contributed by atoms with van der Waals surface area (Å²) in [6.07, 6.45) is 9.10. The minimum absolute atomic E-state index is 0.123. The Morgan fingerprint density at radius 3 is 2.78 bits per heavy atom. The van der Waals surface area contributed by atoms with Gasteiger partial charge in [0.15, 0.2) is 0 Å². The third kappa shape index (κ3) is 3.10. The Labute approximate surface area is 136 Å². The molecule has 124 valence electrons. The predicted molar refractivity (Wildman–Crippen MR) is 86.0 cm³/mol. The highest BCUT2D eigenvalue weighted by Crippen LogP contribution is 2.42. The third-order valence-electron chi connectivity index (χ3n) is 5.55. The maximum absolute atomic E-state index is 12.5. The van der Waals surface area contributed by atoms with E-state index in [-0.39, 0.29) is 11.3 Å². The molecule has 3 aliphatic rings. The molecule has 0 bridgehead atoms. The van der Waals surface area contributed by atoms with Gasteiger partial charge in [0.25, 0.3) is 0 Å². The van der Waals surface area contributed by atoms with Crippen LogP contribution in [-0.4, -0.2) is 60.2 Å². The lowest BCUT2D eigenvalue weighted by Gasteiger charge is -2.28. The van der Waals surface area contributed by atoms with E-state index in [4.69, 9.17) is 4.74 Å². The maximum Gasteiger partial charge on any atom is 0.227 e. The standard InChI is InChI=1S/C17H24N4O2/c22-16-7-17(12-21(16)15-8-18-13-19-9-15)3-4-20(11-17)10-14-1-5-23-6-2-14/h8-9,13-14H,1-7,10-12H2/t17-/m0/s1. The van der Waals surface area contributed by atoms with Gasteiger partial charge in [-0.05, 0) is 31.7 Å². The third-order valence-corrected chi connectivity index (χ3v) is 5.55. The minimum Gasteiger partial charge on any atom is -0.381 e. The first-order valence-electron chi connectivity index (χ1n) is 8.60. The van der Waals surface area contributed by atoms with Crippen molar-refractivity contribution in [2.24, 2.45) is 11.3 Å². The van der Waals surface area contributed by atoms with Gasteiger partial charge in [-0.3, -0.25) is 4.79 Å². The van der Waals surface area contributed by atoms with Gasteiger partial charge in [0, 0.05) is 44.7 Å². The van der Waals surface area contributed by atoms with Gasteiger partial charge in [0.2, 0.25) is 5.91 Å². The predicted octanol–water partition coefficient (Wildman–Crippen LogP) is 1.33. The summed E-state index contributed by atoms with van der Waals surface area (Å²) in [5, 5.41) is 0. The van der Waals surface area contributed by atoms with Crippen molar-refractivity contribution < 1.29 is 9.53 Å². The number of aromatic nitrogens is 2. The molecule has 23 heavy (non-hydrogen) atoms. The topological polar surface area (TPSA) is 58.6 Å². The molecule has 4 heterocycles. The van der Waals surface area contributed by atoms with Gasteiger partial charge in [-0.15, -0.1) is 0 Å². The SMILES string of the molecule is O=C1C[C@]2(CCN(CC3CCOCC3)C2)CN1c1cncnc1. The van der Waals surface area contributed by atoms with Gasteiger partial charge in [-0.1, -0.05) is 0 Å². The van der Waals surface area contributed by atoms with Crippen LogP contribution in [0.4, 0.5) is 5.69 Å². The molecule has 6 heteroatoms. The van der Waals surface area contributed by atoms with Crippen LogP contribution in [-0.2, 0) is 9.53 Å². The Bertz CT molecular complexity index is 561. The zero-order valence-electron chi connectivity index (χ0n) is 13.5. The summed E-state index contributed by atoms with van der Waals surface area (Å²) in [6.45, 7) is 5.94. The largest absolute Gasteiger partial charge is 0.381 e. The van der Waals surface area contributed by atoms with Crippen LogP contribution in [0.5, 0.6) is 0 Å². The fourth-order valence-corrected chi connectivity index (χ4v) is 4.31. The fraction of sp³-hybridized carbons (Fsp3) is 0.706. The number of ether oxygens (including phenoxy) is 1. The number of anilines is 1. The molecule has 3 saturated heterocycles. The molecule has 0 aromatic carbocycles. The average molecular weight is 316 g/mol. The number of hydrogen-bond donors (Lipinski definition) is 0. The normalized spacial score (nSPS) is 29.7. The van der Waals surface area contributed by atoms with Crippen LogP contribution in [0.3, 0.4) is 0 Å². The number of likely N-dealkylation sites (tertiary alicyclic amines) is 1. The Balaban J connectivity index is 1.39. The molecule has 0 aliphatic carbocycles. The second-order valence-corrected chi connectivity index (χ2v) is 7.29. The molecular formula is C17H24N4O2. The number of hydrogen-bond acceptors (Lipinski definition) is 5. The molecule has 0 unspecified atom stereocenters. The Hall–Kier alpha value is -1.53. The Kier molecular flexibility index (Phi) is 4.03. The minimum atomic E-state index is 0.123. The van der Waals surface area contributed by atoms with Gasteiger partial charge in [0.05, 0.1) is 18.1 Å². The molecule has 1 atom stereocenters. The van der Waals surface area contributed by atoms with Crippen LogP contribution >= 0.6 is 0 Å². The summed E-state index contributed by atoms with van der Waals surface area (Å²) in [5.74, 6) is 0.974. The van der Waals surface area contributed by atoms with Gasteiger partial charge in [-0.2, -0.15) is 0 Å². The van der Waals surface area contributed by atoms with Crippen LogP contribution in [0, 0.1) is 11.3 Å². The molecule has 1 amide bonds. The summed E-state index contributed by atoms with van der Waals surface area (Å²) in [7, 11) is 0. The van der Waals surface area contributed by atoms with Crippen LogP contribution in [0.1, 0.15) is 25.7 Å². The fourth-order valence-electron chi connectivity index (χ4n) is 4.31. The van der Waals surface area contributed by atoms with Crippen LogP contribution in [0.15, 0.2) is 18.7 Å². The molecule has 3 fully saturated rings. The van der Waals surface area contributed by atoms with Gasteiger partial charge >= 0.3 is 0 Å². The van der Waals surface area contributed by atoms with Gasteiger partial charge < -0.3 is 14.5 Å². The first-order chi connectivity index (χ1) is 11.2. The molecule has 4 rings (SSSR count). The van der Waals surface area contributed by atoms with E-state index in [1.807, 2.05) is 4.90 Å². The molecule has 0 N–H and O–H groups in total. The van der Waals surface area contributed by atoms with E-state index in [1.54, 1.807) is 12.4 Å². The molecule has 0 saturated carbocycles. The maximum atomic E-state index is 12.5. The number of amides is 1. The van der Waals surface area contributed by atoms with Crippen molar-refractivity contribution in [2.45, 2.75) is 25.7 Å². The quantitative estimate of drug-likeness (QED) is 0.842. The van der Waals surface area contributed by atoms with E-state index in [0.717, 1.165) is 57.4 Å². The lowest BCUT2D eigenvalue weighted by atomic mass is 9.86. The highest BCUT2D eigenvalue weighted by atomic mass is 16.5. The molecule has 3 aliphatic heterocycles. The summed E-state index contributed by atoms with van der Waals surface area (Å²) in [4.78, 5) is 25.0. The van der Waals surface area contributed by atoms with Crippen LogP contribution in [0.2, 0.25) is 0 Å². The van der Waals surface area contributed by atoms with Gasteiger partial charge in [0.1, 0.15) is 6.33 Å².